The molecule has 1 aliphatic heterocycles. The number of hydrogen-bond acceptors (Lipinski definition) is 5. The molecule has 1 saturated heterocycles. The molecular weight excluding hydrogens is 469 g/mol. The Morgan fingerprint density at radius 3 is 2.53 bits per heavy atom. The van der Waals surface area contributed by atoms with Crippen LogP contribution in [0, 0.1) is 5.92 Å². The molecule has 0 aromatic heterocycles. The van der Waals surface area contributed by atoms with Crippen molar-refractivity contribution in [2.75, 3.05) is 6.54 Å². The molecule has 3 atom stereocenters. The van der Waals surface area contributed by atoms with Gasteiger partial charge in [-0.3, -0.25) is 0 Å². The number of ether oxygens (including phenoxy) is 1. The molecule has 0 spiro atoms. The van der Waals surface area contributed by atoms with E-state index in [2.05, 4.69) is 10.5 Å². The molecule has 2 aliphatic rings. The molecule has 4 rings (SSSR count). The highest BCUT2D eigenvalue weighted by atomic mass is 19.4. The van der Waals surface area contributed by atoms with Gasteiger partial charge in [0.25, 0.3) is 0 Å². The van der Waals surface area contributed by atoms with Gasteiger partial charge in [-0.05, 0) is 66.1 Å². The van der Waals surface area contributed by atoms with Gasteiger partial charge >= 0.3 is 6.18 Å². The molecule has 1 heterocycles. The Hall–Kier alpha value is -2.94. The number of nitrogens with one attached hydrogen (secondary N) is 1. The first kappa shape index (κ1) is 26.1. The summed E-state index contributed by atoms with van der Waals surface area (Å²) in [5.74, 6) is 0.324. The van der Waals surface area contributed by atoms with E-state index in [1.165, 1.54) is 6.07 Å². The van der Waals surface area contributed by atoms with Crippen molar-refractivity contribution in [1.29, 1.82) is 0 Å². The molecule has 0 radical (unpaired) electrons. The average Bonchev–Trinajstić information content (AvgIpc) is 3.57. The predicted octanol–water partition coefficient (Wildman–Crippen LogP) is 5.82. The fourth-order valence-corrected chi connectivity index (χ4v) is 4.01. The SMILES string of the molecule is C/C(=N/OCc1ccc(CNCCC2OC2O)cc1)c1ccc(C2=CCC(C)C=C2)c(C(F)(F)F)c1. The van der Waals surface area contributed by atoms with Crippen molar-refractivity contribution in [2.45, 2.75) is 58.4 Å². The Balaban J connectivity index is 1.33. The first-order valence-electron chi connectivity index (χ1n) is 12.1. The summed E-state index contributed by atoms with van der Waals surface area (Å²) >= 11 is 0. The molecule has 5 nitrogen and oxygen atoms in total. The van der Waals surface area contributed by atoms with Crippen LogP contribution >= 0.6 is 0 Å². The van der Waals surface area contributed by atoms with Crippen LogP contribution in [0.4, 0.5) is 13.2 Å². The van der Waals surface area contributed by atoms with E-state index in [1.807, 2.05) is 43.3 Å². The number of aliphatic hydroxyl groups excluding tert-OH is 1. The normalized spacial score (nSPS) is 21.9. The summed E-state index contributed by atoms with van der Waals surface area (Å²) in [6.45, 7) is 5.33. The molecule has 36 heavy (non-hydrogen) atoms. The average molecular weight is 501 g/mol. The fraction of sp³-hybridized carbons (Fsp3) is 0.393. The van der Waals surface area contributed by atoms with E-state index >= 15 is 0 Å². The molecule has 0 saturated carbocycles. The molecule has 192 valence electrons. The lowest BCUT2D eigenvalue weighted by Gasteiger charge is -2.18. The molecule has 2 aromatic rings. The maximum atomic E-state index is 13.8. The summed E-state index contributed by atoms with van der Waals surface area (Å²) < 4.78 is 46.5. The van der Waals surface area contributed by atoms with Crippen molar-refractivity contribution < 1.29 is 27.9 Å². The Morgan fingerprint density at radius 1 is 1.17 bits per heavy atom. The molecule has 2 aromatic carbocycles. The van der Waals surface area contributed by atoms with Crippen LogP contribution in [0.2, 0.25) is 0 Å². The lowest BCUT2D eigenvalue weighted by Crippen LogP contribution is -2.16. The minimum Gasteiger partial charge on any atom is -0.391 e. The third-order valence-electron chi connectivity index (χ3n) is 6.31. The zero-order chi connectivity index (χ0) is 25.7. The summed E-state index contributed by atoms with van der Waals surface area (Å²) in [5, 5.41) is 16.5. The van der Waals surface area contributed by atoms with E-state index in [0.29, 0.717) is 29.3 Å². The van der Waals surface area contributed by atoms with Gasteiger partial charge in [0.15, 0.2) is 6.29 Å². The van der Waals surface area contributed by atoms with E-state index in [1.54, 1.807) is 19.1 Å². The minimum atomic E-state index is -4.48. The summed E-state index contributed by atoms with van der Waals surface area (Å²) in [6.07, 6.45) is 1.91. The molecule has 1 fully saturated rings. The van der Waals surface area contributed by atoms with Gasteiger partial charge in [0.1, 0.15) is 12.7 Å². The standard InChI is InChI=1S/C28H31F3N2O3/c1-18-3-9-22(10-4-18)24-12-11-23(15-25(24)28(29,30)31)19(2)33-35-17-21-7-5-20(6-8-21)16-32-14-13-26-27(34)36-26/h3,5-12,15,18,26-27,32,34H,4,13-14,16-17H2,1-2H3/b33-19-. The highest BCUT2D eigenvalue weighted by Gasteiger charge is 2.36. The largest absolute Gasteiger partial charge is 0.417 e. The van der Waals surface area contributed by atoms with Crippen LogP contribution in [0.1, 0.15) is 54.5 Å². The number of hydrogen-bond donors (Lipinski definition) is 2. The number of epoxide rings is 1. The number of aliphatic hydroxyl groups is 1. The maximum absolute atomic E-state index is 13.8. The van der Waals surface area contributed by atoms with Gasteiger partial charge in [-0.15, -0.1) is 0 Å². The summed E-state index contributed by atoms with van der Waals surface area (Å²) in [4.78, 5) is 5.43. The van der Waals surface area contributed by atoms with Crippen LogP contribution in [0.5, 0.6) is 0 Å². The molecule has 8 heteroatoms. The molecule has 0 bridgehead atoms. The number of benzene rings is 2. The van der Waals surface area contributed by atoms with Crippen LogP contribution in [0.3, 0.4) is 0 Å². The number of rotatable bonds is 10. The lowest BCUT2D eigenvalue weighted by atomic mass is 9.90. The molecular formula is C28H31F3N2O3. The second kappa shape index (κ2) is 11.4. The smallest absolute Gasteiger partial charge is 0.391 e. The van der Waals surface area contributed by atoms with E-state index in [9.17, 15) is 13.2 Å². The van der Waals surface area contributed by atoms with Gasteiger partial charge in [0.2, 0.25) is 0 Å². The van der Waals surface area contributed by atoms with Crippen molar-refractivity contribution in [1.82, 2.24) is 5.32 Å². The van der Waals surface area contributed by atoms with Crippen LogP contribution in [-0.4, -0.2) is 29.8 Å². The fourth-order valence-electron chi connectivity index (χ4n) is 4.01. The topological polar surface area (TPSA) is 66.4 Å². The maximum Gasteiger partial charge on any atom is 0.417 e. The molecule has 0 amide bonds. The second-order valence-corrected chi connectivity index (χ2v) is 9.29. The third-order valence-corrected chi connectivity index (χ3v) is 6.31. The van der Waals surface area contributed by atoms with Crippen LogP contribution < -0.4 is 5.32 Å². The first-order valence-corrected chi connectivity index (χ1v) is 12.1. The van der Waals surface area contributed by atoms with Gasteiger partial charge in [-0.1, -0.05) is 66.7 Å². The Bertz CT molecular complexity index is 1140. The number of halogens is 3. The zero-order valence-corrected chi connectivity index (χ0v) is 20.4. The molecule has 3 unspecified atom stereocenters. The van der Waals surface area contributed by atoms with E-state index in [0.717, 1.165) is 36.6 Å². The highest BCUT2D eigenvalue weighted by Crippen LogP contribution is 2.37. The van der Waals surface area contributed by atoms with Gasteiger partial charge < -0.3 is 20.0 Å². The lowest BCUT2D eigenvalue weighted by molar-refractivity contribution is -0.137. The van der Waals surface area contributed by atoms with Gasteiger partial charge in [0.05, 0.1) is 11.3 Å². The Kier molecular flexibility index (Phi) is 8.28. The summed E-state index contributed by atoms with van der Waals surface area (Å²) in [6, 6.07) is 12.1. The van der Waals surface area contributed by atoms with Crippen molar-refractivity contribution in [3.8, 4) is 0 Å². The first-order chi connectivity index (χ1) is 17.2. The summed E-state index contributed by atoms with van der Waals surface area (Å²) in [7, 11) is 0. The van der Waals surface area contributed by atoms with Crippen LogP contribution in [-0.2, 0) is 28.9 Å². The van der Waals surface area contributed by atoms with Crippen molar-refractivity contribution >= 4 is 11.3 Å². The van der Waals surface area contributed by atoms with Crippen LogP contribution in [0.15, 0.2) is 65.8 Å². The second-order valence-electron chi connectivity index (χ2n) is 9.29. The van der Waals surface area contributed by atoms with Crippen molar-refractivity contribution in [3.63, 3.8) is 0 Å². The van der Waals surface area contributed by atoms with E-state index < -0.39 is 18.0 Å². The van der Waals surface area contributed by atoms with Gasteiger partial charge in [-0.25, -0.2) is 0 Å². The molecule has 1 aliphatic carbocycles. The van der Waals surface area contributed by atoms with Gasteiger partial charge in [-0.2, -0.15) is 13.2 Å². The van der Waals surface area contributed by atoms with E-state index in [-0.39, 0.29) is 18.3 Å². The van der Waals surface area contributed by atoms with E-state index in [4.69, 9.17) is 14.7 Å². The monoisotopic (exact) mass is 500 g/mol. The molecule has 2 N–H and O–H groups in total. The zero-order valence-electron chi connectivity index (χ0n) is 20.4. The quantitative estimate of drug-likeness (QED) is 0.187. The number of oxime groups is 1. The number of allylic oxidation sites excluding steroid dienone is 4. The summed E-state index contributed by atoms with van der Waals surface area (Å²) in [5.41, 5.74) is 2.84. The van der Waals surface area contributed by atoms with Crippen molar-refractivity contribution in [2.24, 2.45) is 11.1 Å². The number of alkyl halides is 3. The van der Waals surface area contributed by atoms with Crippen LogP contribution in [0.25, 0.3) is 5.57 Å². The minimum absolute atomic E-state index is 0.0469. The van der Waals surface area contributed by atoms with Crippen molar-refractivity contribution in [3.05, 3.63) is 88.5 Å². The Morgan fingerprint density at radius 2 is 1.89 bits per heavy atom. The highest BCUT2D eigenvalue weighted by molar-refractivity contribution is 5.99. The Labute approximate surface area is 209 Å². The van der Waals surface area contributed by atoms with Gasteiger partial charge in [0, 0.05) is 6.54 Å². The third kappa shape index (κ3) is 7.06. The number of nitrogens with zero attached hydrogens (tertiary/aromatic N) is 1. The predicted molar refractivity (Wildman–Crippen MR) is 133 cm³/mol.